The number of fused-ring (bicyclic) bond motifs is 1. The number of aryl methyl sites for hydroxylation is 1. The first-order chi connectivity index (χ1) is 10.1. The highest BCUT2D eigenvalue weighted by Gasteiger charge is 2.24. The summed E-state index contributed by atoms with van der Waals surface area (Å²) in [7, 11) is 0. The molecule has 0 fully saturated rings. The summed E-state index contributed by atoms with van der Waals surface area (Å²) >= 11 is 0. The second-order valence-corrected chi connectivity index (χ2v) is 5.33. The Morgan fingerprint density at radius 3 is 2.86 bits per heavy atom. The van der Waals surface area contributed by atoms with Gasteiger partial charge in [-0.15, -0.1) is 0 Å². The van der Waals surface area contributed by atoms with Crippen molar-refractivity contribution < 1.29 is 4.79 Å². The molecular formula is C15H19N5O. The smallest absolute Gasteiger partial charge is 0.224 e. The summed E-state index contributed by atoms with van der Waals surface area (Å²) in [6.07, 6.45) is 0.317. The van der Waals surface area contributed by atoms with Gasteiger partial charge in [0, 0.05) is 19.0 Å². The maximum Gasteiger partial charge on any atom is 0.224 e. The van der Waals surface area contributed by atoms with Crippen molar-refractivity contribution in [3.05, 3.63) is 47.5 Å². The number of aromatic nitrogens is 3. The average molecular weight is 285 g/mol. The third kappa shape index (κ3) is 2.95. The molecule has 1 unspecified atom stereocenters. The fraction of sp³-hybridized carbons (Fsp3) is 0.400. The number of hydrogen-bond donors (Lipinski definition) is 1. The topological polar surface area (TPSA) is 77.0 Å². The Balaban J connectivity index is 1.64. The van der Waals surface area contributed by atoms with Crippen LogP contribution >= 0.6 is 0 Å². The molecule has 1 amide bonds. The van der Waals surface area contributed by atoms with E-state index in [9.17, 15) is 4.79 Å². The van der Waals surface area contributed by atoms with Crippen molar-refractivity contribution in [3.8, 4) is 0 Å². The number of benzene rings is 1. The molecule has 110 valence electrons. The van der Waals surface area contributed by atoms with Gasteiger partial charge in [0.05, 0.1) is 13.1 Å². The van der Waals surface area contributed by atoms with Crippen LogP contribution in [0.2, 0.25) is 0 Å². The van der Waals surface area contributed by atoms with Crippen molar-refractivity contribution in [3.63, 3.8) is 0 Å². The zero-order valence-electron chi connectivity index (χ0n) is 12.1. The van der Waals surface area contributed by atoms with Gasteiger partial charge in [-0.3, -0.25) is 4.79 Å². The lowest BCUT2D eigenvalue weighted by Crippen LogP contribution is -2.39. The Labute approximate surface area is 123 Å². The summed E-state index contributed by atoms with van der Waals surface area (Å²) in [6, 6.07) is 9.46. The van der Waals surface area contributed by atoms with Crippen LogP contribution in [-0.2, 0) is 17.9 Å². The van der Waals surface area contributed by atoms with Gasteiger partial charge in [0.25, 0.3) is 0 Å². The van der Waals surface area contributed by atoms with E-state index in [1.807, 2.05) is 46.8 Å². The molecule has 3 rings (SSSR count). The van der Waals surface area contributed by atoms with Crippen LogP contribution in [0.4, 0.5) is 0 Å². The molecule has 0 radical (unpaired) electrons. The third-order valence-electron chi connectivity index (χ3n) is 3.74. The zero-order chi connectivity index (χ0) is 14.8. The van der Waals surface area contributed by atoms with Crippen LogP contribution in [0.15, 0.2) is 30.3 Å². The van der Waals surface area contributed by atoms with Crippen LogP contribution in [0, 0.1) is 6.92 Å². The molecule has 2 N–H and O–H groups in total. The normalized spacial score (nSPS) is 15.6. The highest BCUT2D eigenvalue weighted by atomic mass is 16.2. The Morgan fingerprint density at radius 1 is 1.33 bits per heavy atom. The van der Waals surface area contributed by atoms with Crippen molar-refractivity contribution in [1.29, 1.82) is 0 Å². The van der Waals surface area contributed by atoms with Crippen molar-refractivity contribution in [1.82, 2.24) is 19.7 Å². The Kier molecular flexibility index (Phi) is 3.70. The molecule has 0 bridgehead atoms. The van der Waals surface area contributed by atoms with E-state index in [2.05, 4.69) is 10.1 Å². The van der Waals surface area contributed by atoms with Gasteiger partial charge in [-0.05, 0) is 12.5 Å². The van der Waals surface area contributed by atoms with Crippen LogP contribution in [0.5, 0.6) is 0 Å². The van der Waals surface area contributed by atoms with E-state index in [1.165, 1.54) is 0 Å². The molecule has 6 nitrogen and oxygen atoms in total. The molecule has 1 aliphatic rings. The van der Waals surface area contributed by atoms with Crippen molar-refractivity contribution in [2.75, 3.05) is 6.54 Å². The number of nitrogens with two attached hydrogens (primary N) is 1. The molecule has 0 saturated carbocycles. The second kappa shape index (κ2) is 5.65. The summed E-state index contributed by atoms with van der Waals surface area (Å²) in [4.78, 5) is 18.5. The van der Waals surface area contributed by atoms with Crippen LogP contribution in [0.25, 0.3) is 0 Å². The first-order valence-corrected chi connectivity index (χ1v) is 7.12. The summed E-state index contributed by atoms with van der Waals surface area (Å²) in [5.41, 5.74) is 7.11. The first-order valence-electron chi connectivity index (χ1n) is 7.12. The number of hydrogen-bond acceptors (Lipinski definition) is 4. The highest BCUT2D eigenvalue weighted by molar-refractivity contribution is 5.77. The molecule has 0 spiro atoms. The predicted molar refractivity (Wildman–Crippen MR) is 78.2 cm³/mol. The Bertz CT molecular complexity index is 637. The second-order valence-electron chi connectivity index (χ2n) is 5.33. The lowest BCUT2D eigenvalue weighted by atomic mass is 10.0. The molecule has 1 aliphatic heterocycles. The molecule has 0 aliphatic carbocycles. The van der Waals surface area contributed by atoms with Gasteiger partial charge >= 0.3 is 0 Å². The summed E-state index contributed by atoms with van der Waals surface area (Å²) in [5, 5.41) is 4.30. The van der Waals surface area contributed by atoms with Gasteiger partial charge in [0.15, 0.2) is 0 Å². The van der Waals surface area contributed by atoms with Crippen molar-refractivity contribution in [2.45, 2.75) is 32.5 Å². The molecule has 0 saturated heterocycles. The van der Waals surface area contributed by atoms with E-state index in [0.29, 0.717) is 26.1 Å². The Hall–Kier alpha value is -2.21. The van der Waals surface area contributed by atoms with E-state index < -0.39 is 0 Å². The molecule has 21 heavy (non-hydrogen) atoms. The van der Waals surface area contributed by atoms with E-state index in [1.54, 1.807) is 0 Å². The van der Waals surface area contributed by atoms with Crippen LogP contribution < -0.4 is 5.73 Å². The van der Waals surface area contributed by atoms with Crippen molar-refractivity contribution in [2.24, 2.45) is 5.73 Å². The van der Waals surface area contributed by atoms with Crippen LogP contribution in [0.3, 0.4) is 0 Å². The molecular weight excluding hydrogens is 266 g/mol. The van der Waals surface area contributed by atoms with Crippen molar-refractivity contribution >= 4 is 5.91 Å². The molecule has 1 atom stereocenters. The largest absolute Gasteiger partial charge is 0.333 e. The number of amides is 1. The summed E-state index contributed by atoms with van der Waals surface area (Å²) in [5.74, 6) is 1.67. The minimum atomic E-state index is -0.264. The minimum absolute atomic E-state index is 0.0678. The SMILES string of the molecule is Cc1nc2n(n1)CCN(C(=O)CC(N)c1ccccc1)C2. The van der Waals surface area contributed by atoms with E-state index in [-0.39, 0.29) is 11.9 Å². The molecule has 6 heteroatoms. The number of carbonyl (C=O) groups excluding carboxylic acids is 1. The Morgan fingerprint density at radius 2 is 2.10 bits per heavy atom. The van der Waals surface area contributed by atoms with Gasteiger partial charge in [-0.25, -0.2) is 9.67 Å². The van der Waals surface area contributed by atoms with E-state index >= 15 is 0 Å². The van der Waals surface area contributed by atoms with Gasteiger partial charge in [-0.2, -0.15) is 5.10 Å². The van der Waals surface area contributed by atoms with Gasteiger partial charge in [0.1, 0.15) is 11.6 Å². The molecule has 1 aromatic carbocycles. The van der Waals surface area contributed by atoms with Gasteiger partial charge < -0.3 is 10.6 Å². The quantitative estimate of drug-likeness (QED) is 0.913. The average Bonchev–Trinajstić information content (AvgIpc) is 2.87. The van der Waals surface area contributed by atoms with E-state index in [0.717, 1.165) is 17.2 Å². The maximum absolute atomic E-state index is 12.4. The summed E-state index contributed by atoms with van der Waals surface area (Å²) in [6.45, 7) is 3.74. The predicted octanol–water partition coefficient (Wildman–Crippen LogP) is 1.02. The third-order valence-corrected chi connectivity index (χ3v) is 3.74. The lowest BCUT2D eigenvalue weighted by Gasteiger charge is -2.27. The van der Waals surface area contributed by atoms with Gasteiger partial charge in [0.2, 0.25) is 5.91 Å². The molecule has 2 heterocycles. The summed E-state index contributed by atoms with van der Waals surface area (Å²) < 4.78 is 1.87. The van der Waals surface area contributed by atoms with Crippen LogP contribution in [-0.4, -0.2) is 32.1 Å². The number of nitrogens with zero attached hydrogens (tertiary/aromatic N) is 4. The molecule has 2 aromatic rings. The minimum Gasteiger partial charge on any atom is -0.333 e. The fourth-order valence-corrected chi connectivity index (χ4v) is 2.61. The standard InChI is InChI=1S/C15H19N5O/c1-11-17-14-10-19(7-8-20(14)18-11)15(21)9-13(16)12-5-3-2-4-6-12/h2-6,13H,7-10,16H2,1H3. The highest BCUT2D eigenvalue weighted by Crippen LogP contribution is 2.17. The lowest BCUT2D eigenvalue weighted by molar-refractivity contribution is -0.133. The van der Waals surface area contributed by atoms with E-state index in [4.69, 9.17) is 5.73 Å². The monoisotopic (exact) mass is 285 g/mol. The molecule has 1 aromatic heterocycles. The van der Waals surface area contributed by atoms with Gasteiger partial charge in [-0.1, -0.05) is 30.3 Å². The number of carbonyl (C=O) groups is 1. The number of rotatable bonds is 3. The zero-order valence-corrected chi connectivity index (χ0v) is 12.1. The van der Waals surface area contributed by atoms with Crippen LogP contribution in [0.1, 0.15) is 29.7 Å². The maximum atomic E-state index is 12.4. The first kappa shape index (κ1) is 13.8. The fourth-order valence-electron chi connectivity index (χ4n) is 2.61.